The summed E-state index contributed by atoms with van der Waals surface area (Å²) in [6, 6.07) is 0.410. The molecule has 1 aliphatic rings. The zero-order valence-corrected chi connectivity index (χ0v) is 11.2. The molecule has 0 aliphatic carbocycles. The summed E-state index contributed by atoms with van der Waals surface area (Å²) in [6.07, 6.45) is 2.33. The van der Waals surface area contributed by atoms with E-state index in [4.69, 9.17) is 0 Å². The molecule has 1 N–H and O–H groups in total. The van der Waals surface area contributed by atoms with Crippen LogP contribution in [-0.4, -0.2) is 22.1 Å². The number of halogens is 1. The van der Waals surface area contributed by atoms with Gasteiger partial charge >= 0.3 is 5.69 Å². The van der Waals surface area contributed by atoms with Gasteiger partial charge in [-0.1, -0.05) is 0 Å². The van der Waals surface area contributed by atoms with Gasteiger partial charge in [-0.15, -0.1) is 0 Å². The number of nitrogens with one attached hydrogen (secondary N) is 1. The molecule has 16 heavy (non-hydrogen) atoms. The van der Waals surface area contributed by atoms with Crippen LogP contribution in [-0.2, 0) is 6.54 Å². The summed E-state index contributed by atoms with van der Waals surface area (Å²) in [5, 5.41) is 3.39. The third-order valence-electron chi connectivity index (χ3n) is 3.10. The van der Waals surface area contributed by atoms with Gasteiger partial charge in [0.1, 0.15) is 0 Å². The lowest BCUT2D eigenvalue weighted by atomic mass is 10.2. The third kappa shape index (κ3) is 2.20. The minimum Gasteiger partial charge on any atom is -0.312 e. The van der Waals surface area contributed by atoms with E-state index in [1.807, 2.05) is 13.8 Å². The second kappa shape index (κ2) is 4.67. The summed E-state index contributed by atoms with van der Waals surface area (Å²) in [5.41, 5.74) is 1.58. The van der Waals surface area contributed by atoms with E-state index in [1.165, 1.54) is 6.42 Å². The Morgan fingerprint density at radius 1 is 1.56 bits per heavy atom. The molecule has 2 rings (SSSR count). The molecule has 1 aromatic heterocycles. The fourth-order valence-electron chi connectivity index (χ4n) is 2.12. The monoisotopic (exact) mass is 285 g/mol. The topological polar surface area (TPSA) is 46.9 Å². The van der Waals surface area contributed by atoms with Crippen molar-refractivity contribution in [2.45, 2.75) is 39.3 Å². The van der Waals surface area contributed by atoms with Crippen molar-refractivity contribution in [3.63, 3.8) is 0 Å². The molecule has 5 heteroatoms. The van der Waals surface area contributed by atoms with Crippen LogP contribution < -0.4 is 11.0 Å². The fraction of sp³-hybridized carbons (Fsp3) is 0.636. The largest absolute Gasteiger partial charge is 0.348 e. The highest BCUT2D eigenvalue weighted by atomic mass is 79.9. The van der Waals surface area contributed by atoms with E-state index in [1.54, 1.807) is 4.57 Å². The van der Waals surface area contributed by atoms with E-state index < -0.39 is 0 Å². The second-order valence-electron chi connectivity index (χ2n) is 4.28. The summed E-state index contributed by atoms with van der Waals surface area (Å²) in [4.78, 5) is 15.8. The molecular weight excluding hydrogens is 270 g/mol. The minimum absolute atomic E-state index is 0.146. The molecule has 1 fully saturated rings. The Bertz CT molecular complexity index is 449. The molecule has 0 radical (unpaired) electrons. The molecule has 2 heterocycles. The van der Waals surface area contributed by atoms with E-state index in [0.29, 0.717) is 6.04 Å². The highest BCUT2D eigenvalue weighted by molar-refractivity contribution is 9.10. The van der Waals surface area contributed by atoms with Crippen LogP contribution in [0.1, 0.15) is 24.2 Å². The van der Waals surface area contributed by atoms with Gasteiger partial charge in [0.2, 0.25) is 0 Å². The van der Waals surface area contributed by atoms with Crippen molar-refractivity contribution in [2.24, 2.45) is 0 Å². The molecule has 1 aliphatic heterocycles. The molecule has 0 aromatic carbocycles. The summed E-state index contributed by atoms with van der Waals surface area (Å²) in [6.45, 7) is 5.57. The number of nitrogens with zero attached hydrogens (tertiary/aromatic N) is 2. The lowest BCUT2D eigenvalue weighted by Gasteiger charge is -2.16. The van der Waals surface area contributed by atoms with Gasteiger partial charge in [-0.2, -0.15) is 4.98 Å². The van der Waals surface area contributed by atoms with Crippen molar-refractivity contribution in [1.82, 2.24) is 14.9 Å². The average molecular weight is 286 g/mol. The van der Waals surface area contributed by atoms with Crippen LogP contribution >= 0.6 is 15.9 Å². The number of hydrogen-bond donors (Lipinski definition) is 1. The Hall–Kier alpha value is -0.680. The first-order valence-electron chi connectivity index (χ1n) is 5.56. The zero-order chi connectivity index (χ0) is 11.7. The fourth-order valence-corrected chi connectivity index (χ4v) is 2.43. The van der Waals surface area contributed by atoms with Gasteiger partial charge in [0, 0.05) is 18.3 Å². The Morgan fingerprint density at radius 3 is 2.94 bits per heavy atom. The molecule has 1 aromatic rings. The van der Waals surface area contributed by atoms with Gasteiger partial charge in [0.15, 0.2) is 0 Å². The number of rotatable bonds is 2. The van der Waals surface area contributed by atoms with Gasteiger partial charge in [-0.3, -0.25) is 4.57 Å². The smallest absolute Gasteiger partial charge is 0.312 e. The average Bonchev–Trinajstić information content (AvgIpc) is 2.74. The minimum atomic E-state index is -0.146. The first-order chi connectivity index (χ1) is 7.59. The molecule has 1 saturated heterocycles. The van der Waals surface area contributed by atoms with E-state index in [-0.39, 0.29) is 5.69 Å². The van der Waals surface area contributed by atoms with Crippen LogP contribution in [0.25, 0.3) is 0 Å². The number of hydrogen-bond acceptors (Lipinski definition) is 3. The predicted molar refractivity (Wildman–Crippen MR) is 66.7 cm³/mol. The van der Waals surface area contributed by atoms with Gasteiger partial charge in [-0.05, 0) is 49.2 Å². The first-order valence-corrected chi connectivity index (χ1v) is 6.36. The van der Waals surface area contributed by atoms with E-state index in [9.17, 15) is 4.79 Å². The lowest BCUT2D eigenvalue weighted by molar-refractivity contribution is 0.483. The van der Waals surface area contributed by atoms with Crippen LogP contribution in [0.4, 0.5) is 0 Å². The summed E-state index contributed by atoms with van der Waals surface area (Å²) >= 11 is 3.47. The Balaban J connectivity index is 2.32. The molecule has 0 spiro atoms. The highest BCUT2D eigenvalue weighted by Gasteiger charge is 2.17. The second-order valence-corrected chi connectivity index (χ2v) is 5.08. The van der Waals surface area contributed by atoms with Crippen LogP contribution in [0.5, 0.6) is 0 Å². The Kier molecular flexibility index (Phi) is 3.44. The van der Waals surface area contributed by atoms with E-state index in [2.05, 4.69) is 26.2 Å². The van der Waals surface area contributed by atoms with E-state index in [0.717, 1.165) is 35.4 Å². The van der Waals surface area contributed by atoms with Gasteiger partial charge in [0.05, 0.1) is 10.2 Å². The van der Waals surface area contributed by atoms with Crippen LogP contribution in [0, 0.1) is 13.8 Å². The molecule has 0 amide bonds. The summed E-state index contributed by atoms with van der Waals surface area (Å²) in [7, 11) is 0. The number of aromatic nitrogens is 2. The summed E-state index contributed by atoms with van der Waals surface area (Å²) < 4.78 is 2.69. The van der Waals surface area contributed by atoms with Gasteiger partial charge in [-0.25, -0.2) is 4.79 Å². The third-order valence-corrected chi connectivity index (χ3v) is 4.25. The molecule has 0 saturated carbocycles. The maximum Gasteiger partial charge on any atom is 0.348 e. The van der Waals surface area contributed by atoms with Crippen LogP contribution in [0.15, 0.2) is 9.27 Å². The van der Waals surface area contributed by atoms with Crippen molar-refractivity contribution in [3.8, 4) is 0 Å². The molecule has 4 nitrogen and oxygen atoms in total. The molecular formula is C11H16BrN3O. The van der Waals surface area contributed by atoms with Crippen molar-refractivity contribution in [1.29, 1.82) is 0 Å². The molecule has 1 atom stereocenters. The quantitative estimate of drug-likeness (QED) is 0.893. The Labute approximate surface area is 103 Å². The van der Waals surface area contributed by atoms with Crippen molar-refractivity contribution >= 4 is 15.9 Å². The Morgan fingerprint density at radius 2 is 2.31 bits per heavy atom. The predicted octanol–water partition coefficient (Wildman–Crippen LogP) is 1.37. The van der Waals surface area contributed by atoms with Crippen molar-refractivity contribution in [3.05, 3.63) is 26.3 Å². The lowest BCUT2D eigenvalue weighted by Crippen LogP contribution is -2.35. The van der Waals surface area contributed by atoms with Crippen molar-refractivity contribution in [2.75, 3.05) is 6.54 Å². The van der Waals surface area contributed by atoms with Crippen LogP contribution in [0.3, 0.4) is 0 Å². The maximum atomic E-state index is 11.8. The first kappa shape index (κ1) is 11.8. The van der Waals surface area contributed by atoms with E-state index >= 15 is 0 Å². The zero-order valence-electron chi connectivity index (χ0n) is 9.59. The molecule has 1 unspecified atom stereocenters. The molecule has 88 valence electrons. The van der Waals surface area contributed by atoms with Gasteiger partial charge in [0.25, 0.3) is 0 Å². The number of aryl methyl sites for hydroxylation is 1. The maximum absolute atomic E-state index is 11.8. The van der Waals surface area contributed by atoms with Crippen LogP contribution in [0.2, 0.25) is 0 Å². The summed E-state index contributed by atoms with van der Waals surface area (Å²) in [5.74, 6) is 0. The van der Waals surface area contributed by atoms with Crippen molar-refractivity contribution < 1.29 is 0 Å². The van der Waals surface area contributed by atoms with Gasteiger partial charge < -0.3 is 5.32 Å². The SMILES string of the molecule is Cc1nc(=O)n(CC2CCCN2)c(C)c1Br. The molecule has 0 bridgehead atoms. The normalized spacial score (nSPS) is 20.3. The highest BCUT2D eigenvalue weighted by Crippen LogP contribution is 2.17. The standard InChI is InChI=1S/C11H16BrN3O/c1-7-10(12)8(2)15(11(16)14-7)6-9-4-3-5-13-9/h9,13H,3-6H2,1-2H3.